The molecule has 0 aromatic carbocycles. The molecule has 0 aliphatic carbocycles. The molecule has 1 unspecified atom stereocenters. The maximum absolute atomic E-state index is 13.1. The summed E-state index contributed by atoms with van der Waals surface area (Å²) < 4.78 is 48.4. The minimum atomic E-state index is -0.434. The number of ether oxygens (including phenoxy) is 8. The van der Waals surface area contributed by atoms with E-state index in [1.807, 2.05) is 55.4 Å². The number of fused-ring (bicyclic) bond motifs is 8. The van der Waals surface area contributed by atoms with Crippen LogP contribution in [-0.2, 0) is 57.1 Å². The first-order valence-electron chi connectivity index (χ1n) is 20.1. The molecule has 0 spiro atoms. The van der Waals surface area contributed by atoms with E-state index in [0.29, 0.717) is 25.7 Å². The molecule has 0 radical (unpaired) electrons. The third kappa shape index (κ3) is 10.9. The first kappa shape index (κ1) is 40.9. The van der Waals surface area contributed by atoms with Gasteiger partial charge in [-0.2, -0.15) is 0 Å². The zero-order valence-electron chi connectivity index (χ0n) is 32.6. The zero-order chi connectivity index (χ0) is 37.7. The number of hydrogen-bond donors (Lipinski definition) is 0. The molecule has 0 aromatic rings. The summed E-state index contributed by atoms with van der Waals surface area (Å²) in [6.07, 6.45) is 5.22. The Morgan fingerprint density at radius 1 is 0.327 bits per heavy atom. The van der Waals surface area contributed by atoms with Gasteiger partial charge in [-0.05, 0) is 107 Å². The fourth-order valence-electron chi connectivity index (χ4n) is 8.60. The van der Waals surface area contributed by atoms with Crippen molar-refractivity contribution < 1.29 is 57.1 Å². The Morgan fingerprint density at radius 3 is 0.712 bits per heavy atom. The first-order valence-corrected chi connectivity index (χ1v) is 20.1. The van der Waals surface area contributed by atoms with E-state index in [-0.39, 0.29) is 97.1 Å². The predicted octanol–water partition coefficient (Wildman–Crippen LogP) is 6.02. The summed E-state index contributed by atoms with van der Waals surface area (Å²) in [5, 5.41) is 0. The number of esters is 4. The molecular formula is C40H64O12. The lowest BCUT2D eigenvalue weighted by Gasteiger charge is -2.26. The van der Waals surface area contributed by atoms with Crippen molar-refractivity contribution in [2.24, 2.45) is 23.7 Å². The SMILES string of the molecule is C[C@@H]1C[C@H]2CC[C@H](O2)[C@H](C)C(=O)O[C@@H](C)C[C@@H]2CC[C@@H](O2)[C@@H](C)C(=O)O[C@H](C)C[C@H]2CC[C@H](O2)[C@H](C)C(=O)O[C@@H](C)C[C@@H]2CCC(O2)[C@@H](C)C(=O)O1. The Labute approximate surface area is 309 Å². The highest BCUT2D eigenvalue weighted by molar-refractivity contribution is 5.74. The van der Waals surface area contributed by atoms with E-state index in [0.717, 1.165) is 51.4 Å². The highest BCUT2D eigenvalue weighted by Gasteiger charge is 2.41. The van der Waals surface area contributed by atoms with Crippen LogP contribution in [0, 0.1) is 23.7 Å². The van der Waals surface area contributed by atoms with Crippen molar-refractivity contribution in [3.05, 3.63) is 0 Å². The molecule has 0 aromatic heterocycles. The van der Waals surface area contributed by atoms with Gasteiger partial charge in [0.1, 0.15) is 24.4 Å². The first-order chi connectivity index (χ1) is 24.7. The Hall–Kier alpha value is -2.28. The van der Waals surface area contributed by atoms with Crippen LogP contribution in [0.5, 0.6) is 0 Å². The molecule has 52 heavy (non-hydrogen) atoms. The third-order valence-electron chi connectivity index (χ3n) is 11.9. The lowest BCUT2D eigenvalue weighted by Crippen LogP contribution is -2.34. The van der Waals surface area contributed by atoms with Crippen LogP contribution >= 0.6 is 0 Å². The van der Waals surface area contributed by atoms with Crippen molar-refractivity contribution in [2.45, 2.75) is 206 Å². The highest BCUT2D eigenvalue weighted by atomic mass is 16.6. The minimum Gasteiger partial charge on any atom is -0.462 e. The molecule has 296 valence electrons. The highest BCUT2D eigenvalue weighted by Crippen LogP contribution is 2.34. The van der Waals surface area contributed by atoms with Crippen molar-refractivity contribution in [3.63, 3.8) is 0 Å². The molecule has 8 bridgehead atoms. The molecule has 12 nitrogen and oxygen atoms in total. The van der Waals surface area contributed by atoms with E-state index in [9.17, 15) is 19.2 Å². The van der Waals surface area contributed by atoms with Crippen molar-refractivity contribution >= 4 is 23.9 Å². The van der Waals surface area contributed by atoms with Crippen molar-refractivity contribution in [1.82, 2.24) is 0 Å². The van der Waals surface area contributed by atoms with Crippen LogP contribution in [-0.4, -0.2) is 97.1 Å². The van der Waals surface area contributed by atoms with E-state index >= 15 is 0 Å². The Balaban J connectivity index is 1.19. The summed E-state index contributed by atoms with van der Waals surface area (Å²) in [4.78, 5) is 52.4. The topological polar surface area (TPSA) is 142 Å². The standard InChI is InChI=1S/C40H64O12/c1-21-17-29-9-13-34(49-29)26(6)38(42)46-23(3)19-31-11-15-36(51-31)28(8)40(44)48-24(4)20-32-12-16-35(52-32)27(7)39(43)47-22(2)18-30-10-14-33(50-30)25(5)37(41)45-21/h21-36H,9-20H2,1-8H3/t21-,22+,23+,24-,25-,26+,27+,28-,29-,30+,31+,32-,33-,34+,35+,36?/m1/s1. The van der Waals surface area contributed by atoms with Crippen LogP contribution in [0.4, 0.5) is 0 Å². The number of cyclic esters (lactones) is 4. The van der Waals surface area contributed by atoms with Gasteiger partial charge in [0, 0.05) is 25.7 Å². The molecule has 5 rings (SSSR count). The van der Waals surface area contributed by atoms with Gasteiger partial charge in [-0.25, -0.2) is 0 Å². The van der Waals surface area contributed by atoms with Crippen LogP contribution in [0.3, 0.4) is 0 Å². The minimum absolute atomic E-state index is 0.119. The van der Waals surface area contributed by atoms with Gasteiger partial charge in [0.05, 0.1) is 72.5 Å². The molecule has 0 N–H and O–H groups in total. The molecule has 5 fully saturated rings. The number of hydrogen-bond acceptors (Lipinski definition) is 12. The second-order valence-electron chi connectivity index (χ2n) is 16.6. The van der Waals surface area contributed by atoms with Gasteiger partial charge in [0.2, 0.25) is 0 Å². The Kier molecular flexibility index (Phi) is 14.4. The smallest absolute Gasteiger partial charge is 0.311 e. The zero-order valence-corrected chi connectivity index (χ0v) is 32.6. The fraction of sp³-hybridized carbons (Fsp3) is 0.900. The predicted molar refractivity (Wildman–Crippen MR) is 189 cm³/mol. The van der Waals surface area contributed by atoms with Crippen LogP contribution in [0.25, 0.3) is 0 Å². The second kappa shape index (κ2) is 18.4. The van der Waals surface area contributed by atoms with Gasteiger partial charge in [-0.15, -0.1) is 0 Å². The van der Waals surface area contributed by atoms with Crippen molar-refractivity contribution in [3.8, 4) is 0 Å². The maximum atomic E-state index is 13.1. The summed E-state index contributed by atoms with van der Waals surface area (Å²) in [5.74, 6) is -2.93. The lowest BCUT2D eigenvalue weighted by molar-refractivity contribution is -0.161. The van der Waals surface area contributed by atoms with Gasteiger partial charge >= 0.3 is 23.9 Å². The summed E-state index contributed by atoms with van der Waals surface area (Å²) in [6, 6.07) is 0. The maximum Gasteiger partial charge on any atom is 0.311 e. The second-order valence-corrected chi connectivity index (χ2v) is 16.6. The van der Waals surface area contributed by atoms with E-state index in [1.54, 1.807) is 0 Å². The van der Waals surface area contributed by atoms with Gasteiger partial charge < -0.3 is 37.9 Å². The van der Waals surface area contributed by atoms with Gasteiger partial charge in [-0.1, -0.05) is 0 Å². The quantitative estimate of drug-likeness (QED) is 0.212. The normalized spacial score (nSPS) is 45.2. The lowest BCUT2D eigenvalue weighted by atomic mass is 10.00. The van der Waals surface area contributed by atoms with Crippen LogP contribution < -0.4 is 0 Å². The number of carbonyl (C=O) groups is 4. The monoisotopic (exact) mass is 736 g/mol. The molecule has 5 aliphatic heterocycles. The summed E-state index contributed by atoms with van der Waals surface area (Å²) in [6.45, 7) is 14.9. The third-order valence-corrected chi connectivity index (χ3v) is 11.9. The van der Waals surface area contributed by atoms with Crippen molar-refractivity contribution in [2.75, 3.05) is 0 Å². The van der Waals surface area contributed by atoms with E-state index in [2.05, 4.69) is 0 Å². The molecule has 5 aliphatic rings. The van der Waals surface area contributed by atoms with Gasteiger partial charge in [0.25, 0.3) is 0 Å². The average Bonchev–Trinajstić information content (AvgIpc) is 3.91. The van der Waals surface area contributed by atoms with Crippen LogP contribution in [0.15, 0.2) is 0 Å². The summed E-state index contributed by atoms with van der Waals surface area (Å²) in [5.41, 5.74) is 0. The molecule has 0 saturated carbocycles. The van der Waals surface area contributed by atoms with E-state index in [4.69, 9.17) is 37.9 Å². The molecule has 0 amide bonds. The molecule has 5 heterocycles. The van der Waals surface area contributed by atoms with Gasteiger partial charge in [0.15, 0.2) is 0 Å². The van der Waals surface area contributed by atoms with E-state index < -0.39 is 23.7 Å². The molecule has 5 saturated heterocycles. The fourth-order valence-corrected chi connectivity index (χ4v) is 8.60. The Morgan fingerprint density at radius 2 is 0.519 bits per heavy atom. The summed E-state index contributed by atoms with van der Waals surface area (Å²) >= 11 is 0. The Bertz CT molecular complexity index is 1040. The van der Waals surface area contributed by atoms with Gasteiger partial charge in [-0.3, -0.25) is 19.2 Å². The largest absolute Gasteiger partial charge is 0.462 e. The molecule has 12 heteroatoms. The van der Waals surface area contributed by atoms with E-state index in [1.165, 1.54) is 0 Å². The number of carbonyl (C=O) groups excluding carboxylic acids is 4. The summed E-state index contributed by atoms with van der Waals surface area (Å²) in [7, 11) is 0. The number of rotatable bonds is 0. The van der Waals surface area contributed by atoms with Crippen LogP contribution in [0.2, 0.25) is 0 Å². The van der Waals surface area contributed by atoms with Crippen LogP contribution in [0.1, 0.15) is 132 Å². The molecular weight excluding hydrogens is 672 g/mol. The van der Waals surface area contributed by atoms with Crippen molar-refractivity contribution in [1.29, 1.82) is 0 Å². The molecule has 16 atom stereocenters. The average molecular weight is 737 g/mol.